The molecule has 4 heterocycles. The Bertz CT molecular complexity index is 1220. The molecule has 33 heavy (non-hydrogen) atoms. The van der Waals surface area contributed by atoms with Crippen LogP contribution in [-0.2, 0) is 6.42 Å². The number of nitrogens with zero attached hydrogens (tertiary/aromatic N) is 5. The summed E-state index contributed by atoms with van der Waals surface area (Å²) in [6.07, 6.45) is 14.5. The number of carbonyl (C=O) groups is 1. The minimum atomic E-state index is -0.114. The Labute approximate surface area is 191 Å². The monoisotopic (exact) mass is 445 g/mol. The van der Waals surface area contributed by atoms with Gasteiger partial charge in [-0.25, -0.2) is 19.9 Å². The van der Waals surface area contributed by atoms with E-state index in [1.54, 1.807) is 12.7 Å². The number of nitrogens with one attached hydrogen (secondary N) is 2. The molecule has 0 radical (unpaired) electrons. The lowest BCUT2D eigenvalue weighted by molar-refractivity contribution is 0.0911. The smallest absolute Gasteiger partial charge is 0.270 e. The first-order chi connectivity index (χ1) is 16.3. The van der Waals surface area contributed by atoms with Crippen molar-refractivity contribution in [3.63, 3.8) is 0 Å². The summed E-state index contributed by atoms with van der Waals surface area (Å²) >= 11 is 0. The Morgan fingerprint density at radius 2 is 2.15 bits per heavy atom. The normalized spacial score (nSPS) is 20.0. The molecule has 0 aromatic carbocycles. The van der Waals surface area contributed by atoms with Gasteiger partial charge in [0.15, 0.2) is 11.5 Å². The van der Waals surface area contributed by atoms with Crippen LogP contribution in [0.4, 0.5) is 5.82 Å². The lowest BCUT2D eigenvalue weighted by Gasteiger charge is -2.27. The zero-order chi connectivity index (χ0) is 22.2. The van der Waals surface area contributed by atoms with Gasteiger partial charge in [-0.2, -0.15) is 0 Å². The van der Waals surface area contributed by atoms with Gasteiger partial charge < -0.3 is 19.9 Å². The summed E-state index contributed by atoms with van der Waals surface area (Å²) in [5, 5.41) is 3.09. The Kier molecular flexibility index (Phi) is 5.16. The number of anilines is 1. The molecule has 2 aliphatic carbocycles. The summed E-state index contributed by atoms with van der Waals surface area (Å²) in [4.78, 5) is 35.9. The predicted molar refractivity (Wildman–Crippen MR) is 124 cm³/mol. The molecule has 9 heteroatoms. The number of ether oxygens (including phenoxy) is 1. The van der Waals surface area contributed by atoms with Crippen LogP contribution in [-0.4, -0.2) is 56.1 Å². The van der Waals surface area contributed by atoms with Gasteiger partial charge in [-0.3, -0.25) is 4.79 Å². The van der Waals surface area contributed by atoms with E-state index in [0.717, 1.165) is 73.4 Å². The maximum atomic E-state index is 12.8. The van der Waals surface area contributed by atoms with E-state index >= 15 is 0 Å². The van der Waals surface area contributed by atoms with Crippen LogP contribution in [0, 0.1) is 0 Å². The molecule has 1 atom stereocenters. The molecule has 2 fully saturated rings. The minimum absolute atomic E-state index is 0.114. The predicted octanol–water partition coefficient (Wildman–Crippen LogP) is 3.04. The lowest BCUT2D eigenvalue weighted by atomic mass is 9.93. The molecule has 0 unspecified atom stereocenters. The number of hydrogen-bond donors (Lipinski definition) is 2. The fourth-order valence-electron chi connectivity index (χ4n) is 4.88. The molecule has 3 aromatic heterocycles. The Hall–Kier alpha value is -3.49. The molecule has 3 aliphatic rings. The fourth-order valence-corrected chi connectivity index (χ4v) is 4.88. The van der Waals surface area contributed by atoms with Crippen LogP contribution in [0.3, 0.4) is 0 Å². The van der Waals surface area contributed by atoms with Crippen molar-refractivity contribution in [2.45, 2.75) is 57.0 Å². The number of rotatable bonds is 6. The van der Waals surface area contributed by atoms with Crippen LogP contribution < -0.4 is 15.0 Å². The van der Waals surface area contributed by atoms with E-state index in [-0.39, 0.29) is 18.0 Å². The highest BCUT2D eigenvalue weighted by atomic mass is 16.5. The molecule has 0 bridgehead atoms. The van der Waals surface area contributed by atoms with E-state index in [1.807, 2.05) is 12.1 Å². The standard InChI is InChI=1S/C24H27N7O2/c32-24(29-15-5-3-6-15)19-11-20(17-8-1-2-9-18(17)30-19)33-12-16-7-4-10-31(16)23-21-22(26-13-25-21)27-14-28-23/h2,9,11,13-16H,1,3-8,10,12H2,(H,29,32)(H,25,26,27,28)/t16-/m1/s1. The molecule has 6 rings (SSSR count). The number of amides is 1. The zero-order valence-electron chi connectivity index (χ0n) is 18.5. The third kappa shape index (κ3) is 3.81. The van der Waals surface area contributed by atoms with Gasteiger partial charge in [0.05, 0.1) is 18.1 Å². The van der Waals surface area contributed by atoms with Gasteiger partial charge >= 0.3 is 0 Å². The van der Waals surface area contributed by atoms with Crippen molar-refractivity contribution in [3.05, 3.63) is 41.7 Å². The Morgan fingerprint density at radius 1 is 1.21 bits per heavy atom. The van der Waals surface area contributed by atoms with Crippen molar-refractivity contribution in [2.24, 2.45) is 0 Å². The van der Waals surface area contributed by atoms with Crippen molar-refractivity contribution in [1.29, 1.82) is 0 Å². The molecule has 3 aromatic rings. The molecule has 0 spiro atoms. The molecule has 2 N–H and O–H groups in total. The highest BCUT2D eigenvalue weighted by Gasteiger charge is 2.29. The second kappa shape index (κ2) is 8.46. The number of aromatic nitrogens is 5. The Morgan fingerprint density at radius 3 is 3.03 bits per heavy atom. The summed E-state index contributed by atoms with van der Waals surface area (Å²) in [5.74, 6) is 1.52. The van der Waals surface area contributed by atoms with Crippen molar-refractivity contribution < 1.29 is 9.53 Å². The first-order valence-corrected chi connectivity index (χ1v) is 11.8. The van der Waals surface area contributed by atoms with Gasteiger partial charge in [-0.05, 0) is 51.0 Å². The average molecular weight is 446 g/mol. The quantitative estimate of drug-likeness (QED) is 0.600. The van der Waals surface area contributed by atoms with Crippen LogP contribution in [0.2, 0.25) is 0 Å². The van der Waals surface area contributed by atoms with Gasteiger partial charge in [0, 0.05) is 24.2 Å². The van der Waals surface area contributed by atoms with Crippen molar-refractivity contribution in [3.8, 4) is 5.75 Å². The largest absolute Gasteiger partial charge is 0.491 e. The van der Waals surface area contributed by atoms with E-state index in [2.05, 4.69) is 41.2 Å². The Balaban J connectivity index is 1.24. The lowest BCUT2D eigenvalue weighted by Crippen LogP contribution is -2.40. The molecular weight excluding hydrogens is 418 g/mol. The fraction of sp³-hybridized carbons (Fsp3) is 0.458. The molecule has 9 nitrogen and oxygen atoms in total. The zero-order valence-corrected chi connectivity index (χ0v) is 18.5. The van der Waals surface area contributed by atoms with Gasteiger partial charge in [0.1, 0.15) is 29.9 Å². The third-order valence-corrected chi connectivity index (χ3v) is 6.91. The number of fused-ring (bicyclic) bond motifs is 2. The summed E-state index contributed by atoms with van der Waals surface area (Å²) in [6.45, 7) is 1.43. The van der Waals surface area contributed by atoms with E-state index in [0.29, 0.717) is 17.9 Å². The van der Waals surface area contributed by atoms with Gasteiger partial charge in [-0.1, -0.05) is 6.08 Å². The summed E-state index contributed by atoms with van der Waals surface area (Å²) in [6, 6.07) is 2.28. The number of aromatic amines is 1. The number of imidazole rings is 1. The first-order valence-electron chi connectivity index (χ1n) is 11.8. The SMILES string of the molecule is O=C(NC1CCC1)c1cc(OC[C@H]2CCCN2c2ncnc3nc[nH]c23)c2c(n1)C=CCC2. The first kappa shape index (κ1) is 20.1. The van der Waals surface area contributed by atoms with E-state index in [9.17, 15) is 4.79 Å². The molecule has 1 amide bonds. The summed E-state index contributed by atoms with van der Waals surface area (Å²) < 4.78 is 6.40. The van der Waals surface area contributed by atoms with Gasteiger partial charge in [-0.15, -0.1) is 0 Å². The van der Waals surface area contributed by atoms with Gasteiger partial charge in [0.2, 0.25) is 0 Å². The van der Waals surface area contributed by atoms with E-state index in [4.69, 9.17) is 4.74 Å². The number of carbonyl (C=O) groups excluding carboxylic acids is 1. The maximum Gasteiger partial charge on any atom is 0.270 e. The second-order valence-corrected chi connectivity index (χ2v) is 9.01. The van der Waals surface area contributed by atoms with E-state index in [1.165, 1.54) is 6.42 Å². The third-order valence-electron chi connectivity index (χ3n) is 6.91. The molecule has 170 valence electrons. The summed E-state index contributed by atoms with van der Waals surface area (Å²) in [5.41, 5.74) is 3.88. The second-order valence-electron chi connectivity index (χ2n) is 9.01. The molecule has 1 saturated heterocycles. The van der Waals surface area contributed by atoms with E-state index < -0.39 is 0 Å². The van der Waals surface area contributed by atoms with Crippen LogP contribution in [0.5, 0.6) is 5.75 Å². The molecule has 1 saturated carbocycles. The number of allylic oxidation sites excluding steroid dienone is 1. The van der Waals surface area contributed by atoms with Crippen LogP contribution >= 0.6 is 0 Å². The maximum absolute atomic E-state index is 12.8. The topological polar surface area (TPSA) is 109 Å². The van der Waals surface area contributed by atoms with Crippen LogP contribution in [0.25, 0.3) is 17.2 Å². The molecule has 1 aliphatic heterocycles. The summed E-state index contributed by atoms with van der Waals surface area (Å²) in [7, 11) is 0. The highest BCUT2D eigenvalue weighted by Crippen LogP contribution is 2.32. The van der Waals surface area contributed by atoms with Crippen molar-refractivity contribution in [2.75, 3.05) is 18.1 Å². The average Bonchev–Trinajstić information content (AvgIpc) is 3.48. The number of pyridine rings is 1. The van der Waals surface area contributed by atoms with Crippen LogP contribution in [0.1, 0.15) is 60.3 Å². The van der Waals surface area contributed by atoms with Crippen molar-refractivity contribution in [1.82, 2.24) is 30.2 Å². The van der Waals surface area contributed by atoms with Crippen LogP contribution in [0.15, 0.2) is 24.8 Å². The number of hydrogen-bond acceptors (Lipinski definition) is 7. The minimum Gasteiger partial charge on any atom is -0.491 e. The highest BCUT2D eigenvalue weighted by molar-refractivity contribution is 5.93. The van der Waals surface area contributed by atoms with Crippen molar-refractivity contribution >= 4 is 29.0 Å². The van der Waals surface area contributed by atoms with Gasteiger partial charge in [0.25, 0.3) is 5.91 Å². The molecular formula is C24H27N7O2. The number of H-pyrrole nitrogens is 1.